The van der Waals surface area contributed by atoms with E-state index in [1.54, 1.807) is 6.07 Å². The average Bonchev–Trinajstić information content (AvgIpc) is 2.66. The lowest BCUT2D eigenvalue weighted by Gasteiger charge is -2.04. The van der Waals surface area contributed by atoms with E-state index in [9.17, 15) is 4.39 Å². The van der Waals surface area contributed by atoms with Crippen molar-refractivity contribution in [2.45, 2.75) is 6.92 Å². The second kappa shape index (κ2) is 4.07. The third-order valence-corrected chi connectivity index (χ3v) is 3.22. The van der Waals surface area contributed by atoms with Crippen LogP contribution in [0.15, 0.2) is 42.5 Å². The quantitative estimate of drug-likeness (QED) is 0.651. The summed E-state index contributed by atoms with van der Waals surface area (Å²) in [5.41, 5.74) is 3.70. The van der Waals surface area contributed by atoms with Gasteiger partial charge in [0.2, 0.25) is 0 Å². The van der Waals surface area contributed by atoms with Gasteiger partial charge in [0.15, 0.2) is 4.77 Å². The molecule has 2 aromatic carbocycles. The summed E-state index contributed by atoms with van der Waals surface area (Å²) in [5, 5.41) is 0. The lowest BCUT2D eigenvalue weighted by atomic mass is 10.2. The maximum Gasteiger partial charge on any atom is 0.182 e. The van der Waals surface area contributed by atoms with E-state index in [0.717, 1.165) is 16.7 Å². The molecule has 0 aliphatic carbocycles. The number of fused-ring (bicyclic) bond motifs is 1. The van der Waals surface area contributed by atoms with E-state index in [-0.39, 0.29) is 5.82 Å². The van der Waals surface area contributed by atoms with Crippen LogP contribution in [0, 0.1) is 17.5 Å². The maximum absolute atomic E-state index is 13.3. The Hall–Kier alpha value is -1.94. The van der Waals surface area contributed by atoms with Crippen molar-refractivity contribution in [3.8, 4) is 5.69 Å². The molecule has 3 aromatic rings. The van der Waals surface area contributed by atoms with Gasteiger partial charge in [-0.1, -0.05) is 17.7 Å². The number of halogens is 1. The molecule has 1 aromatic heterocycles. The zero-order chi connectivity index (χ0) is 12.7. The Bertz CT molecular complexity index is 769. The topological polar surface area (TPSA) is 20.7 Å². The first-order valence-electron chi connectivity index (χ1n) is 5.62. The molecule has 0 aliphatic rings. The number of aromatic nitrogens is 2. The van der Waals surface area contributed by atoms with E-state index in [4.69, 9.17) is 12.2 Å². The highest BCUT2D eigenvalue weighted by molar-refractivity contribution is 7.71. The molecule has 0 amide bonds. The third kappa shape index (κ3) is 1.75. The molecule has 18 heavy (non-hydrogen) atoms. The van der Waals surface area contributed by atoms with Crippen LogP contribution in [0.1, 0.15) is 5.56 Å². The zero-order valence-electron chi connectivity index (χ0n) is 9.77. The molecule has 0 radical (unpaired) electrons. The third-order valence-electron chi connectivity index (χ3n) is 2.94. The Kier molecular flexibility index (Phi) is 2.52. The number of benzene rings is 2. The summed E-state index contributed by atoms with van der Waals surface area (Å²) in [4.78, 5) is 3.08. The first-order valence-corrected chi connectivity index (χ1v) is 6.03. The van der Waals surface area contributed by atoms with Gasteiger partial charge in [-0.3, -0.25) is 4.57 Å². The van der Waals surface area contributed by atoms with Gasteiger partial charge in [0.05, 0.1) is 11.0 Å². The molecular weight excluding hydrogens is 247 g/mol. The molecule has 0 unspecified atom stereocenters. The van der Waals surface area contributed by atoms with E-state index in [0.29, 0.717) is 4.77 Å². The van der Waals surface area contributed by atoms with Crippen molar-refractivity contribution in [2.75, 3.05) is 0 Å². The molecule has 0 saturated carbocycles. The Morgan fingerprint density at radius 3 is 2.56 bits per heavy atom. The first kappa shape index (κ1) is 11.2. The largest absolute Gasteiger partial charge is 0.330 e. The summed E-state index contributed by atoms with van der Waals surface area (Å²) in [6.07, 6.45) is 0. The second-order valence-electron chi connectivity index (χ2n) is 4.26. The van der Waals surface area contributed by atoms with Crippen molar-refractivity contribution < 1.29 is 4.39 Å². The number of nitrogens with zero attached hydrogens (tertiary/aromatic N) is 1. The lowest BCUT2D eigenvalue weighted by molar-refractivity contribution is 0.629. The Balaban J connectivity index is 2.34. The summed E-state index contributed by atoms with van der Waals surface area (Å²) in [6, 6.07) is 12.6. The number of rotatable bonds is 1. The Labute approximate surface area is 109 Å². The van der Waals surface area contributed by atoms with Gasteiger partial charge in [-0.2, -0.15) is 0 Å². The van der Waals surface area contributed by atoms with Crippen molar-refractivity contribution in [3.63, 3.8) is 0 Å². The summed E-state index contributed by atoms with van der Waals surface area (Å²) in [6.45, 7) is 2.03. The molecule has 0 saturated heterocycles. The number of hydrogen-bond donors (Lipinski definition) is 1. The highest BCUT2D eigenvalue weighted by Crippen LogP contribution is 2.20. The van der Waals surface area contributed by atoms with E-state index >= 15 is 0 Å². The standard InChI is InChI=1S/C14H11FN2S/c1-9-2-5-11(6-3-9)17-13-8-10(15)4-7-12(13)16-14(17)18/h2-8H,1H3,(H,16,18). The second-order valence-corrected chi connectivity index (χ2v) is 4.65. The van der Waals surface area contributed by atoms with Crippen LogP contribution in [0.4, 0.5) is 4.39 Å². The summed E-state index contributed by atoms with van der Waals surface area (Å²) in [5.74, 6) is -0.266. The van der Waals surface area contributed by atoms with Crippen LogP contribution in [-0.2, 0) is 0 Å². The van der Waals surface area contributed by atoms with Gasteiger partial charge in [0.1, 0.15) is 5.82 Å². The zero-order valence-corrected chi connectivity index (χ0v) is 10.6. The highest BCUT2D eigenvalue weighted by Gasteiger charge is 2.07. The fraction of sp³-hybridized carbons (Fsp3) is 0.0714. The molecule has 0 spiro atoms. The van der Waals surface area contributed by atoms with E-state index < -0.39 is 0 Å². The van der Waals surface area contributed by atoms with Crippen LogP contribution >= 0.6 is 12.2 Å². The number of aromatic amines is 1. The monoisotopic (exact) mass is 258 g/mol. The minimum Gasteiger partial charge on any atom is -0.330 e. The Morgan fingerprint density at radius 1 is 1.11 bits per heavy atom. The van der Waals surface area contributed by atoms with Gasteiger partial charge in [-0.25, -0.2) is 4.39 Å². The SMILES string of the molecule is Cc1ccc(-n2c(=S)[nH]c3ccc(F)cc32)cc1. The van der Waals surface area contributed by atoms with Crippen LogP contribution in [0.2, 0.25) is 0 Å². The molecule has 0 fully saturated rings. The van der Waals surface area contributed by atoms with Crippen molar-refractivity contribution >= 4 is 23.3 Å². The van der Waals surface area contributed by atoms with Crippen LogP contribution < -0.4 is 0 Å². The van der Waals surface area contributed by atoms with E-state index in [1.807, 2.05) is 35.8 Å². The Morgan fingerprint density at radius 2 is 1.83 bits per heavy atom. The fourth-order valence-corrected chi connectivity index (χ4v) is 2.34. The fourth-order valence-electron chi connectivity index (χ4n) is 2.03. The van der Waals surface area contributed by atoms with Crippen LogP contribution in [0.3, 0.4) is 0 Å². The van der Waals surface area contributed by atoms with Crippen LogP contribution in [0.5, 0.6) is 0 Å². The predicted molar refractivity (Wildman–Crippen MR) is 73.2 cm³/mol. The number of hydrogen-bond acceptors (Lipinski definition) is 1. The van der Waals surface area contributed by atoms with Crippen molar-refractivity contribution in [1.29, 1.82) is 0 Å². The molecule has 4 heteroatoms. The van der Waals surface area contributed by atoms with Gasteiger partial charge in [0, 0.05) is 11.8 Å². The first-order chi connectivity index (χ1) is 8.65. The van der Waals surface area contributed by atoms with Gasteiger partial charge >= 0.3 is 0 Å². The number of H-pyrrole nitrogens is 1. The van der Waals surface area contributed by atoms with Gasteiger partial charge in [0.25, 0.3) is 0 Å². The van der Waals surface area contributed by atoms with Crippen molar-refractivity contribution in [3.05, 3.63) is 58.6 Å². The summed E-state index contributed by atoms with van der Waals surface area (Å²) < 4.78 is 15.8. The molecular formula is C14H11FN2S. The van der Waals surface area contributed by atoms with Crippen molar-refractivity contribution in [2.24, 2.45) is 0 Å². The summed E-state index contributed by atoms with van der Waals surface area (Å²) >= 11 is 5.30. The minimum absolute atomic E-state index is 0.266. The molecule has 2 nitrogen and oxygen atoms in total. The minimum atomic E-state index is -0.266. The lowest BCUT2D eigenvalue weighted by Crippen LogP contribution is -1.94. The summed E-state index contributed by atoms with van der Waals surface area (Å²) in [7, 11) is 0. The van der Waals surface area contributed by atoms with Crippen LogP contribution in [0.25, 0.3) is 16.7 Å². The molecule has 3 rings (SSSR count). The average molecular weight is 258 g/mol. The van der Waals surface area contributed by atoms with Crippen molar-refractivity contribution in [1.82, 2.24) is 9.55 Å². The van der Waals surface area contributed by atoms with E-state index in [1.165, 1.54) is 17.7 Å². The molecule has 1 heterocycles. The van der Waals surface area contributed by atoms with Gasteiger partial charge in [-0.15, -0.1) is 0 Å². The predicted octanol–water partition coefficient (Wildman–Crippen LogP) is 4.14. The van der Waals surface area contributed by atoms with E-state index in [2.05, 4.69) is 4.98 Å². The normalized spacial score (nSPS) is 11.0. The maximum atomic E-state index is 13.3. The highest BCUT2D eigenvalue weighted by atomic mass is 32.1. The molecule has 90 valence electrons. The van der Waals surface area contributed by atoms with Gasteiger partial charge in [-0.05, 0) is 43.4 Å². The molecule has 1 N–H and O–H groups in total. The smallest absolute Gasteiger partial charge is 0.182 e. The number of nitrogens with one attached hydrogen (secondary N) is 1. The molecule has 0 atom stereocenters. The number of imidazole rings is 1. The molecule has 0 aliphatic heterocycles. The van der Waals surface area contributed by atoms with Crippen LogP contribution in [-0.4, -0.2) is 9.55 Å². The number of aryl methyl sites for hydroxylation is 1. The van der Waals surface area contributed by atoms with Gasteiger partial charge < -0.3 is 4.98 Å². The molecule has 0 bridgehead atoms.